The van der Waals surface area contributed by atoms with E-state index in [0.29, 0.717) is 10.4 Å². The van der Waals surface area contributed by atoms with E-state index in [1.165, 1.54) is 30.6 Å². The second-order valence-electron chi connectivity index (χ2n) is 3.19. The molecule has 0 unspecified atom stereocenters. The second kappa shape index (κ2) is 3.94. The van der Waals surface area contributed by atoms with Gasteiger partial charge >= 0.3 is 5.97 Å². The quantitative estimate of drug-likeness (QED) is 0.832. The number of ketones is 1. The third-order valence-electron chi connectivity index (χ3n) is 2.13. The van der Waals surface area contributed by atoms with Crippen LogP contribution in [0.15, 0.2) is 28.2 Å². The number of aromatic carboxylic acids is 1. The van der Waals surface area contributed by atoms with Crippen LogP contribution in [0, 0.1) is 0 Å². The van der Waals surface area contributed by atoms with Crippen LogP contribution in [0.5, 0.6) is 0 Å². The van der Waals surface area contributed by atoms with Crippen molar-refractivity contribution in [3.05, 3.63) is 34.2 Å². The van der Waals surface area contributed by atoms with E-state index in [-0.39, 0.29) is 17.1 Å². The fourth-order valence-corrected chi connectivity index (χ4v) is 2.24. The third-order valence-corrected chi connectivity index (χ3v) is 3.14. The van der Waals surface area contributed by atoms with Gasteiger partial charge in [0, 0.05) is 5.56 Å². The molecule has 0 saturated carbocycles. The fourth-order valence-electron chi connectivity index (χ4n) is 1.45. The van der Waals surface area contributed by atoms with E-state index in [2.05, 4.69) is 0 Å². The highest BCUT2D eigenvalue weighted by Crippen LogP contribution is 2.31. The molecule has 5 heteroatoms. The monoisotopic (exact) mass is 236 g/mol. The molecule has 0 amide bonds. The summed E-state index contributed by atoms with van der Waals surface area (Å²) in [4.78, 5) is 22.8. The summed E-state index contributed by atoms with van der Waals surface area (Å²) in [5, 5.41) is 10.7. The molecule has 16 heavy (non-hydrogen) atoms. The highest BCUT2D eigenvalue weighted by molar-refractivity contribution is 7.12. The standard InChI is InChI=1S/C11H8O4S/c1-6(12)10-7(3-5-16-10)9-8(11(13)14)2-4-15-9/h2-5H,1H3,(H,13,14). The average molecular weight is 236 g/mol. The van der Waals surface area contributed by atoms with Crippen LogP contribution < -0.4 is 0 Å². The van der Waals surface area contributed by atoms with Crippen molar-refractivity contribution in [3.63, 3.8) is 0 Å². The largest absolute Gasteiger partial charge is 0.478 e. The summed E-state index contributed by atoms with van der Waals surface area (Å²) >= 11 is 1.27. The van der Waals surface area contributed by atoms with E-state index in [1.54, 1.807) is 11.4 Å². The Kier molecular flexibility index (Phi) is 2.62. The van der Waals surface area contributed by atoms with Crippen molar-refractivity contribution in [2.75, 3.05) is 0 Å². The molecule has 0 fully saturated rings. The van der Waals surface area contributed by atoms with Crippen LogP contribution in [0.25, 0.3) is 11.3 Å². The predicted octanol–water partition coefficient (Wildman–Crippen LogP) is 2.91. The molecule has 0 spiro atoms. The zero-order valence-corrected chi connectivity index (χ0v) is 9.21. The van der Waals surface area contributed by atoms with Crippen LogP contribution in [0.2, 0.25) is 0 Å². The van der Waals surface area contributed by atoms with Crippen molar-refractivity contribution in [2.24, 2.45) is 0 Å². The normalized spacial score (nSPS) is 10.3. The minimum Gasteiger partial charge on any atom is -0.478 e. The minimum atomic E-state index is -1.07. The van der Waals surface area contributed by atoms with Gasteiger partial charge in [-0.1, -0.05) is 0 Å². The van der Waals surface area contributed by atoms with E-state index >= 15 is 0 Å². The molecular weight excluding hydrogens is 228 g/mol. The molecule has 2 heterocycles. The molecule has 0 aliphatic rings. The number of Topliss-reactive ketones (excluding diaryl/α,β-unsaturated/α-hetero) is 1. The highest BCUT2D eigenvalue weighted by Gasteiger charge is 2.20. The summed E-state index contributed by atoms with van der Waals surface area (Å²) in [6.07, 6.45) is 1.31. The molecule has 2 aromatic rings. The summed E-state index contributed by atoms with van der Waals surface area (Å²) in [5.74, 6) is -0.929. The van der Waals surface area contributed by atoms with Gasteiger partial charge in [-0.2, -0.15) is 0 Å². The van der Waals surface area contributed by atoms with E-state index in [4.69, 9.17) is 9.52 Å². The molecule has 1 N–H and O–H groups in total. The topological polar surface area (TPSA) is 67.5 Å². The van der Waals surface area contributed by atoms with Gasteiger partial charge in [0.1, 0.15) is 11.3 Å². The van der Waals surface area contributed by atoms with Gasteiger partial charge in [0.25, 0.3) is 0 Å². The SMILES string of the molecule is CC(=O)c1sccc1-c1occc1C(=O)O. The Hall–Kier alpha value is -1.88. The van der Waals surface area contributed by atoms with Gasteiger partial charge in [-0.25, -0.2) is 4.79 Å². The van der Waals surface area contributed by atoms with Crippen LogP contribution in [-0.4, -0.2) is 16.9 Å². The van der Waals surface area contributed by atoms with Gasteiger partial charge in [-0.05, 0) is 24.4 Å². The molecule has 4 nitrogen and oxygen atoms in total. The number of carbonyl (C=O) groups excluding carboxylic acids is 1. The number of rotatable bonds is 3. The first kappa shape index (κ1) is 10.6. The molecule has 0 aliphatic carbocycles. The van der Waals surface area contributed by atoms with Crippen molar-refractivity contribution in [1.29, 1.82) is 0 Å². The number of hydrogen-bond acceptors (Lipinski definition) is 4. The maximum absolute atomic E-state index is 11.3. The Balaban J connectivity index is 2.59. The molecule has 2 rings (SSSR count). The van der Waals surface area contributed by atoms with Crippen molar-refractivity contribution < 1.29 is 19.1 Å². The Morgan fingerprint density at radius 3 is 2.75 bits per heavy atom. The zero-order valence-electron chi connectivity index (χ0n) is 8.39. The molecule has 0 atom stereocenters. The summed E-state index contributed by atoms with van der Waals surface area (Å²) < 4.78 is 5.13. The number of thiophene rings is 1. The summed E-state index contributed by atoms with van der Waals surface area (Å²) in [6.45, 7) is 1.44. The van der Waals surface area contributed by atoms with Gasteiger partial charge < -0.3 is 9.52 Å². The number of carboxylic acids is 1. The molecule has 0 saturated heterocycles. The van der Waals surface area contributed by atoms with E-state index in [0.717, 1.165) is 0 Å². The Bertz CT molecular complexity index is 500. The van der Waals surface area contributed by atoms with E-state index in [9.17, 15) is 9.59 Å². The number of carboxylic acid groups (broad SMARTS) is 1. The Labute approximate surface area is 95.1 Å². The van der Waals surface area contributed by atoms with Gasteiger partial charge in [0.15, 0.2) is 5.78 Å². The molecule has 0 aromatic carbocycles. The smallest absolute Gasteiger partial charge is 0.339 e. The van der Waals surface area contributed by atoms with Crippen molar-refractivity contribution in [2.45, 2.75) is 6.92 Å². The molecule has 2 aromatic heterocycles. The van der Waals surface area contributed by atoms with Gasteiger partial charge in [-0.15, -0.1) is 11.3 Å². The van der Waals surface area contributed by atoms with Crippen molar-refractivity contribution in [1.82, 2.24) is 0 Å². The van der Waals surface area contributed by atoms with Gasteiger partial charge in [0.2, 0.25) is 0 Å². The average Bonchev–Trinajstić information content (AvgIpc) is 2.85. The van der Waals surface area contributed by atoms with Crippen LogP contribution in [0.3, 0.4) is 0 Å². The Morgan fingerprint density at radius 1 is 1.38 bits per heavy atom. The molecule has 82 valence electrons. The van der Waals surface area contributed by atoms with Crippen LogP contribution >= 0.6 is 11.3 Å². The summed E-state index contributed by atoms with van der Waals surface area (Å²) in [6, 6.07) is 3.06. The van der Waals surface area contributed by atoms with E-state index < -0.39 is 5.97 Å². The first-order chi connectivity index (χ1) is 7.61. The van der Waals surface area contributed by atoms with Crippen LogP contribution in [0.4, 0.5) is 0 Å². The molecular formula is C11H8O4S. The molecule has 0 aliphatic heterocycles. The minimum absolute atomic E-state index is 0.0703. The van der Waals surface area contributed by atoms with Crippen molar-refractivity contribution >= 4 is 23.1 Å². The van der Waals surface area contributed by atoms with E-state index in [1.807, 2.05) is 0 Å². The number of carbonyl (C=O) groups is 2. The Morgan fingerprint density at radius 2 is 2.12 bits per heavy atom. The lowest BCUT2D eigenvalue weighted by molar-refractivity contribution is 0.0697. The third kappa shape index (κ3) is 1.65. The predicted molar refractivity (Wildman–Crippen MR) is 59.0 cm³/mol. The molecule has 0 radical (unpaired) electrons. The lowest BCUT2D eigenvalue weighted by Gasteiger charge is -1.98. The first-order valence-corrected chi connectivity index (χ1v) is 5.39. The van der Waals surface area contributed by atoms with Gasteiger partial charge in [0.05, 0.1) is 11.1 Å². The number of furan rings is 1. The fraction of sp³-hybridized carbons (Fsp3) is 0.0909. The van der Waals surface area contributed by atoms with Gasteiger partial charge in [-0.3, -0.25) is 4.79 Å². The first-order valence-electron chi connectivity index (χ1n) is 4.51. The lowest BCUT2D eigenvalue weighted by Crippen LogP contribution is -1.97. The van der Waals surface area contributed by atoms with Crippen molar-refractivity contribution in [3.8, 4) is 11.3 Å². The zero-order chi connectivity index (χ0) is 11.7. The lowest BCUT2D eigenvalue weighted by atomic mass is 10.1. The molecule has 0 bridgehead atoms. The van der Waals surface area contributed by atoms with Crippen LogP contribution in [-0.2, 0) is 0 Å². The maximum Gasteiger partial charge on any atom is 0.339 e. The van der Waals surface area contributed by atoms with Crippen LogP contribution in [0.1, 0.15) is 27.0 Å². The second-order valence-corrected chi connectivity index (χ2v) is 4.10. The summed E-state index contributed by atoms with van der Waals surface area (Å²) in [5.41, 5.74) is 0.612. The number of hydrogen-bond donors (Lipinski definition) is 1. The highest BCUT2D eigenvalue weighted by atomic mass is 32.1. The summed E-state index contributed by atoms with van der Waals surface area (Å²) in [7, 11) is 0. The maximum atomic E-state index is 11.3.